The van der Waals surface area contributed by atoms with Gasteiger partial charge in [0.2, 0.25) is 0 Å². The van der Waals surface area contributed by atoms with Crippen LogP contribution in [0.4, 0.5) is 5.69 Å². The minimum absolute atomic E-state index is 0.0959. The number of benzene rings is 1. The van der Waals surface area contributed by atoms with Crippen LogP contribution in [-0.4, -0.2) is 15.7 Å². The van der Waals surface area contributed by atoms with E-state index in [1.165, 1.54) is 5.56 Å². The zero-order valence-corrected chi connectivity index (χ0v) is 11.6. The number of amides is 1. The Morgan fingerprint density at radius 1 is 1.26 bits per heavy atom. The van der Waals surface area contributed by atoms with Crippen molar-refractivity contribution in [1.29, 1.82) is 0 Å². The Morgan fingerprint density at radius 3 is 2.47 bits per heavy atom. The molecule has 100 valence electrons. The lowest BCUT2D eigenvalue weighted by Gasteiger charge is -2.06. The van der Waals surface area contributed by atoms with Gasteiger partial charge in [0.15, 0.2) is 0 Å². The summed E-state index contributed by atoms with van der Waals surface area (Å²) in [6, 6.07) is 7.68. The van der Waals surface area contributed by atoms with Gasteiger partial charge in [-0.25, -0.2) is 0 Å². The third kappa shape index (κ3) is 2.84. The fourth-order valence-corrected chi connectivity index (χ4v) is 1.97. The van der Waals surface area contributed by atoms with Gasteiger partial charge in [0.05, 0.1) is 17.6 Å². The molecule has 0 atom stereocenters. The Labute approximate surface area is 113 Å². The number of carbonyl (C=O) groups excluding carboxylic acids is 1. The minimum Gasteiger partial charge on any atom is -0.319 e. The van der Waals surface area contributed by atoms with Gasteiger partial charge in [-0.15, -0.1) is 0 Å². The molecule has 19 heavy (non-hydrogen) atoms. The van der Waals surface area contributed by atoms with Crippen molar-refractivity contribution in [3.05, 3.63) is 47.3 Å². The molecule has 0 spiro atoms. The van der Waals surface area contributed by atoms with Crippen molar-refractivity contribution >= 4 is 11.6 Å². The molecule has 2 rings (SSSR count). The van der Waals surface area contributed by atoms with Crippen molar-refractivity contribution in [3.63, 3.8) is 0 Å². The molecule has 0 aliphatic heterocycles. The Kier molecular flexibility index (Phi) is 4.00. The lowest BCUT2D eigenvalue weighted by molar-refractivity contribution is 0.102. The fraction of sp³-hybridized carbons (Fsp3) is 0.333. The fourth-order valence-electron chi connectivity index (χ4n) is 1.97. The summed E-state index contributed by atoms with van der Waals surface area (Å²) in [5, 5.41) is 7.11. The maximum atomic E-state index is 12.1. The second-order valence-corrected chi connectivity index (χ2v) is 4.46. The predicted octanol–water partition coefficient (Wildman–Crippen LogP) is 3.03. The second-order valence-electron chi connectivity index (χ2n) is 4.46. The number of rotatable bonds is 4. The first-order valence-corrected chi connectivity index (χ1v) is 6.58. The Hall–Kier alpha value is -2.10. The smallest absolute Gasteiger partial charge is 0.255 e. The molecule has 0 saturated heterocycles. The van der Waals surface area contributed by atoms with Crippen LogP contribution in [0.25, 0.3) is 0 Å². The highest BCUT2D eigenvalue weighted by atomic mass is 16.1. The van der Waals surface area contributed by atoms with Gasteiger partial charge in [0.1, 0.15) is 0 Å². The third-order valence-corrected chi connectivity index (χ3v) is 3.28. The van der Waals surface area contributed by atoms with Crippen molar-refractivity contribution in [3.8, 4) is 0 Å². The monoisotopic (exact) mass is 257 g/mol. The molecule has 1 amide bonds. The van der Waals surface area contributed by atoms with Crippen LogP contribution >= 0.6 is 0 Å². The SMILES string of the molecule is CCc1ccc(C(=O)Nc2cnn(CC)c2C)cc1. The lowest BCUT2D eigenvalue weighted by Crippen LogP contribution is -2.12. The first kappa shape index (κ1) is 13.3. The van der Waals surface area contributed by atoms with Crippen LogP contribution in [0.2, 0.25) is 0 Å². The van der Waals surface area contributed by atoms with Crippen LogP contribution in [-0.2, 0) is 13.0 Å². The molecular weight excluding hydrogens is 238 g/mol. The molecule has 4 nitrogen and oxygen atoms in total. The van der Waals surface area contributed by atoms with Gasteiger partial charge in [0, 0.05) is 12.1 Å². The van der Waals surface area contributed by atoms with E-state index in [0.29, 0.717) is 5.56 Å². The highest BCUT2D eigenvalue weighted by Crippen LogP contribution is 2.15. The normalized spacial score (nSPS) is 10.5. The van der Waals surface area contributed by atoms with Crippen molar-refractivity contribution < 1.29 is 4.79 Å². The summed E-state index contributed by atoms with van der Waals surface area (Å²) >= 11 is 0. The van der Waals surface area contributed by atoms with Gasteiger partial charge in [0.25, 0.3) is 5.91 Å². The van der Waals surface area contributed by atoms with E-state index >= 15 is 0 Å². The second kappa shape index (κ2) is 5.69. The molecule has 0 saturated carbocycles. The highest BCUT2D eigenvalue weighted by Gasteiger charge is 2.10. The van der Waals surface area contributed by atoms with E-state index in [0.717, 1.165) is 24.3 Å². The summed E-state index contributed by atoms with van der Waals surface area (Å²) in [5.74, 6) is -0.0959. The molecule has 0 unspecified atom stereocenters. The number of aromatic nitrogens is 2. The maximum absolute atomic E-state index is 12.1. The van der Waals surface area contributed by atoms with Crippen molar-refractivity contribution in [2.75, 3.05) is 5.32 Å². The van der Waals surface area contributed by atoms with Gasteiger partial charge in [-0.2, -0.15) is 5.10 Å². The largest absolute Gasteiger partial charge is 0.319 e. The molecule has 0 bridgehead atoms. The number of hydrogen-bond donors (Lipinski definition) is 1. The van der Waals surface area contributed by atoms with E-state index in [2.05, 4.69) is 17.3 Å². The first-order valence-electron chi connectivity index (χ1n) is 6.58. The number of anilines is 1. The summed E-state index contributed by atoms with van der Waals surface area (Å²) in [7, 11) is 0. The molecule has 0 aliphatic rings. The number of hydrogen-bond acceptors (Lipinski definition) is 2. The standard InChI is InChI=1S/C15H19N3O/c1-4-12-6-8-13(9-7-12)15(19)17-14-10-16-18(5-2)11(14)3/h6-10H,4-5H2,1-3H3,(H,17,19). The average Bonchev–Trinajstić information content (AvgIpc) is 2.79. The van der Waals surface area contributed by atoms with Gasteiger partial charge < -0.3 is 5.32 Å². The van der Waals surface area contributed by atoms with E-state index in [1.54, 1.807) is 6.20 Å². The summed E-state index contributed by atoms with van der Waals surface area (Å²) < 4.78 is 1.86. The zero-order valence-electron chi connectivity index (χ0n) is 11.6. The molecule has 0 fully saturated rings. The topological polar surface area (TPSA) is 46.9 Å². The molecular formula is C15H19N3O. The molecule has 2 aromatic rings. The van der Waals surface area contributed by atoms with E-state index in [4.69, 9.17) is 0 Å². The molecule has 0 aliphatic carbocycles. The van der Waals surface area contributed by atoms with E-state index in [1.807, 2.05) is 42.8 Å². The van der Waals surface area contributed by atoms with Crippen molar-refractivity contribution in [2.24, 2.45) is 0 Å². The quantitative estimate of drug-likeness (QED) is 0.915. The van der Waals surface area contributed by atoms with Gasteiger partial charge >= 0.3 is 0 Å². The van der Waals surface area contributed by atoms with Crippen LogP contribution in [0.15, 0.2) is 30.5 Å². The Morgan fingerprint density at radius 2 is 1.95 bits per heavy atom. The van der Waals surface area contributed by atoms with E-state index < -0.39 is 0 Å². The van der Waals surface area contributed by atoms with Gasteiger partial charge in [-0.1, -0.05) is 19.1 Å². The van der Waals surface area contributed by atoms with Crippen molar-refractivity contribution in [1.82, 2.24) is 9.78 Å². The minimum atomic E-state index is -0.0959. The first-order chi connectivity index (χ1) is 9.15. The highest BCUT2D eigenvalue weighted by molar-refractivity contribution is 6.04. The van der Waals surface area contributed by atoms with E-state index in [-0.39, 0.29) is 5.91 Å². The molecule has 1 N–H and O–H groups in total. The Bertz CT molecular complexity index is 570. The Balaban J connectivity index is 2.13. The van der Waals surface area contributed by atoms with Crippen LogP contribution in [0.1, 0.15) is 35.5 Å². The third-order valence-electron chi connectivity index (χ3n) is 3.28. The number of nitrogens with zero attached hydrogens (tertiary/aromatic N) is 2. The van der Waals surface area contributed by atoms with Crippen LogP contribution in [0, 0.1) is 6.92 Å². The lowest BCUT2D eigenvalue weighted by atomic mass is 10.1. The zero-order chi connectivity index (χ0) is 13.8. The maximum Gasteiger partial charge on any atom is 0.255 e. The number of nitrogens with one attached hydrogen (secondary N) is 1. The molecule has 0 radical (unpaired) electrons. The summed E-state index contributed by atoms with van der Waals surface area (Å²) in [5.41, 5.74) is 3.64. The average molecular weight is 257 g/mol. The predicted molar refractivity (Wildman–Crippen MR) is 76.4 cm³/mol. The number of aryl methyl sites for hydroxylation is 2. The summed E-state index contributed by atoms with van der Waals surface area (Å²) in [6.07, 6.45) is 2.67. The van der Waals surface area contributed by atoms with Gasteiger partial charge in [-0.3, -0.25) is 9.48 Å². The molecule has 4 heteroatoms. The molecule has 1 aromatic carbocycles. The van der Waals surface area contributed by atoms with Crippen LogP contribution in [0.3, 0.4) is 0 Å². The number of carbonyl (C=O) groups is 1. The van der Waals surface area contributed by atoms with Crippen LogP contribution < -0.4 is 5.32 Å². The van der Waals surface area contributed by atoms with Gasteiger partial charge in [-0.05, 0) is 38.0 Å². The molecule has 1 heterocycles. The van der Waals surface area contributed by atoms with Crippen LogP contribution in [0.5, 0.6) is 0 Å². The summed E-state index contributed by atoms with van der Waals surface area (Å²) in [4.78, 5) is 12.1. The van der Waals surface area contributed by atoms with Crippen molar-refractivity contribution in [2.45, 2.75) is 33.7 Å². The molecule has 1 aromatic heterocycles. The summed E-state index contributed by atoms with van der Waals surface area (Å²) in [6.45, 7) is 6.87. The van der Waals surface area contributed by atoms with E-state index in [9.17, 15) is 4.79 Å².